The van der Waals surface area contributed by atoms with E-state index in [2.05, 4.69) is 43.3 Å². The van der Waals surface area contributed by atoms with Crippen molar-refractivity contribution in [3.63, 3.8) is 0 Å². The van der Waals surface area contributed by atoms with Crippen LogP contribution in [0.25, 0.3) is 0 Å². The van der Waals surface area contributed by atoms with E-state index in [1.54, 1.807) is 18.9 Å². The fraction of sp³-hybridized carbons (Fsp3) is 0.357. The SMILES string of the molecule is COc1ccc(COC[C@H]2O[C@H](Sc3ccc(C)cc3)[C@H]3OCc4ccccc4CO[C@@H]32)cc1. The molecule has 0 N–H and O–H groups in total. The van der Waals surface area contributed by atoms with Crippen molar-refractivity contribution in [2.45, 2.75) is 55.4 Å². The van der Waals surface area contributed by atoms with Crippen molar-refractivity contribution >= 4 is 11.8 Å². The minimum atomic E-state index is -0.212. The van der Waals surface area contributed by atoms with Crippen molar-refractivity contribution in [3.8, 4) is 5.75 Å². The van der Waals surface area contributed by atoms with Crippen LogP contribution in [0, 0.1) is 6.92 Å². The zero-order chi connectivity index (χ0) is 23.3. The molecule has 0 aliphatic carbocycles. The molecule has 5 rings (SSSR count). The zero-order valence-corrected chi connectivity index (χ0v) is 20.3. The Morgan fingerprint density at radius 1 is 0.853 bits per heavy atom. The third-order valence-electron chi connectivity index (χ3n) is 6.23. The summed E-state index contributed by atoms with van der Waals surface area (Å²) in [6.07, 6.45) is -0.599. The second-order valence-electron chi connectivity index (χ2n) is 8.66. The summed E-state index contributed by atoms with van der Waals surface area (Å²) in [5.74, 6) is 0.835. The molecule has 5 nitrogen and oxygen atoms in total. The lowest BCUT2D eigenvalue weighted by Crippen LogP contribution is -2.39. The summed E-state index contributed by atoms with van der Waals surface area (Å²) in [5.41, 5.74) is 4.48. The van der Waals surface area contributed by atoms with Crippen molar-refractivity contribution in [2.75, 3.05) is 13.7 Å². The van der Waals surface area contributed by atoms with Crippen molar-refractivity contribution < 1.29 is 23.7 Å². The molecule has 34 heavy (non-hydrogen) atoms. The van der Waals surface area contributed by atoms with Gasteiger partial charge in [0.05, 0.1) is 33.5 Å². The lowest BCUT2D eigenvalue weighted by atomic mass is 10.1. The van der Waals surface area contributed by atoms with Crippen LogP contribution in [0.4, 0.5) is 0 Å². The topological polar surface area (TPSA) is 46.2 Å². The third kappa shape index (κ3) is 5.48. The number of thioether (sulfide) groups is 1. The van der Waals surface area contributed by atoms with Gasteiger partial charge in [-0.3, -0.25) is 0 Å². The highest BCUT2D eigenvalue weighted by Crippen LogP contribution is 2.39. The van der Waals surface area contributed by atoms with Gasteiger partial charge in [-0.05, 0) is 47.9 Å². The summed E-state index contributed by atoms with van der Waals surface area (Å²) < 4.78 is 30.6. The van der Waals surface area contributed by atoms with Crippen molar-refractivity contribution in [3.05, 3.63) is 95.1 Å². The Labute approximate surface area is 205 Å². The minimum Gasteiger partial charge on any atom is -0.497 e. The Kier molecular flexibility index (Phi) is 7.52. The van der Waals surface area contributed by atoms with E-state index in [-0.39, 0.29) is 23.7 Å². The number of methoxy groups -OCH3 is 1. The molecule has 6 heteroatoms. The molecule has 0 bridgehead atoms. The van der Waals surface area contributed by atoms with Gasteiger partial charge in [-0.2, -0.15) is 0 Å². The predicted octanol–water partition coefficient (Wildman–Crippen LogP) is 5.52. The van der Waals surface area contributed by atoms with E-state index >= 15 is 0 Å². The highest BCUT2D eigenvalue weighted by atomic mass is 32.2. The molecular formula is C28H30O5S. The maximum absolute atomic E-state index is 6.49. The van der Waals surface area contributed by atoms with Crippen LogP contribution >= 0.6 is 11.8 Å². The Hall–Kier alpha value is -2.35. The summed E-state index contributed by atoms with van der Waals surface area (Å²) in [7, 11) is 1.67. The minimum absolute atomic E-state index is 0.174. The zero-order valence-electron chi connectivity index (χ0n) is 19.5. The first-order valence-electron chi connectivity index (χ1n) is 11.6. The Balaban J connectivity index is 1.29. The Morgan fingerprint density at radius 2 is 1.53 bits per heavy atom. The first-order valence-corrected chi connectivity index (χ1v) is 12.5. The number of hydrogen-bond donors (Lipinski definition) is 0. The molecule has 1 fully saturated rings. The molecule has 0 saturated carbocycles. The Morgan fingerprint density at radius 3 is 2.21 bits per heavy atom. The predicted molar refractivity (Wildman–Crippen MR) is 132 cm³/mol. The monoisotopic (exact) mass is 478 g/mol. The van der Waals surface area contributed by atoms with Gasteiger partial charge in [0.2, 0.25) is 0 Å². The number of benzene rings is 3. The van der Waals surface area contributed by atoms with Crippen LogP contribution in [0.15, 0.2) is 77.7 Å². The molecule has 2 aliphatic rings. The molecule has 0 spiro atoms. The maximum atomic E-state index is 6.49. The van der Waals surface area contributed by atoms with E-state index in [0.29, 0.717) is 26.4 Å². The van der Waals surface area contributed by atoms with Gasteiger partial charge in [0.15, 0.2) is 0 Å². The molecule has 3 aromatic rings. The van der Waals surface area contributed by atoms with Crippen LogP contribution in [-0.2, 0) is 38.8 Å². The first-order chi connectivity index (χ1) is 16.7. The molecule has 0 unspecified atom stereocenters. The quantitative estimate of drug-likeness (QED) is 0.446. The summed E-state index contributed by atoms with van der Waals surface area (Å²) in [5, 5.41) is 0. The van der Waals surface area contributed by atoms with Crippen LogP contribution in [0.5, 0.6) is 5.75 Å². The Bertz CT molecular complexity index is 1070. The third-order valence-corrected chi connectivity index (χ3v) is 7.39. The van der Waals surface area contributed by atoms with E-state index in [1.807, 2.05) is 36.4 Å². The molecule has 2 aliphatic heterocycles. The highest BCUT2D eigenvalue weighted by Gasteiger charge is 2.47. The van der Waals surface area contributed by atoms with Gasteiger partial charge >= 0.3 is 0 Å². The van der Waals surface area contributed by atoms with Crippen molar-refractivity contribution in [1.29, 1.82) is 0 Å². The highest BCUT2D eigenvalue weighted by molar-refractivity contribution is 7.99. The molecule has 178 valence electrons. The summed E-state index contributed by atoms with van der Waals surface area (Å²) in [4.78, 5) is 1.15. The number of rotatable bonds is 7. The van der Waals surface area contributed by atoms with Crippen molar-refractivity contribution in [2.24, 2.45) is 0 Å². The number of fused-ring (bicyclic) bond motifs is 2. The molecule has 0 aromatic heterocycles. The summed E-state index contributed by atoms with van der Waals surface area (Å²) in [6.45, 7) is 4.12. The summed E-state index contributed by atoms with van der Waals surface area (Å²) in [6, 6.07) is 24.7. The van der Waals surface area contributed by atoms with Gasteiger partial charge < -0.3 is 23.7 Å². The molecular weight excluding hydrogens is 448 g/mol. The van der Waals surface area contributed by atoms with Gasteiger partial charge in [0, 0.05) is 4.90 Å². The largest absolute Gasteiger partial charge is 0.497 e. The van der Waals surface area contributed by atoms with Gasteiger partial charge in [-0.25, -0.2) is 0 Å². The van der Waals surface area contributed by atoms with Crippen LogP contribution < -0.4 is 4.74 Å². The first kappa shape index (κ1) is 23.4. The van der Waals surface area contributed by atoms with E-state index in [9.17, 15) is 0 Å². The number of hydrogen-bond acceptors (Lipinski definition) is 6. The average molecular weight is 479 g/mol. The number of ether oxygens (including phenoxy) is 5. The summed E-state index contributed by atoms with van der Waals surface area (Å²) >= 11 is 1.68. The van der Waals surface area contributed by atoms with E-state index < -0.39 is 0 Å². The lowest BCUT2D eigenvalue weighted by Gasteiger charge is -2.28. The maximum Gasteiger partial charge on any atom is 0.137 e. The van der Waals surface area contributed by atoms with Crippen LogP contribution in [0.2, 0.25) is 0 Å². The number of aryl methyl sites for hydroxylation is 1. The molecule has 2 heterocycles. The molecule has 4 atom stereocenters. The van der Waals surface area contributed by atoms with Crippen LogP contribution in [-0.4, -0.2) is 37.5 Å². The fourth-order valence-corrected chi connectivity index (χ4v) is 5.40. The average Bonchev–Trinajstić information content (AvgIpc) is 3.17. The second-order valence-corrected chi connectivity index (χ2v) is 9.83. The standard InChI is InChI=1S/C28H30O5S/c1-19-7-13-24(14-8-19)34-28-27-26(31-16-21-5-3-4-6-22(21)17-32-27)25(33-28)18-30-15-20-9-11-23(29-2)12-10-20/h3-14,25-28H,15-18H2,1-2H3/t25-,26-,27+,28-/m1/s1. The van der Waals surface area contributed by atoms with Gasteiger partial charge in [0.1, 0.15) is 29.5 Å². The smallest absolute Gasteiger partial charge is 0.137 e. The van der Waals surface area contributed by atoms with E-state index in [1.165, 1.54) is 11.1 Å². The molecule has 3 aromatic carbocycles. The molecule has 1 saturated heterocycles. The van der Waals surface area contributed by atoms with E-state index in [4.69, 9.17) is 23.7 Å². The molecule has 0 amide bonds. The van der Waals surface area contributed by atoms with Crippen molar-refractivity contribution in [1.82, 2.24) is 0 Å². The van der Waals surface area contributed by atoms with Gasteiger partial charge in [-0.1, -0.05) is 65.9 Å². The molecule has 0 radical (unpaired) electrons. The second kappa shape index (κ2) is 10.9. The van der Waals surface area contributed by atoms with Crippen LogP contribution in [0.3, 0.4) is 0 Å². The lowest BCUT2D eigenvalue weighted by molar-refractivity contribution is -0.0957. The normalized spacial score (nSPS) is 24.1. The van der Waals surface area contributed by atoms with Gasteiger partial charge in [0.25, 0.3) is 0 Å². The van der Waals surface area contributed by atoms with E-state index in [0.717, 1.165) is 21.8 Å². The van der Waals surface area contributed by atoms with Gasteiger partial charge in [-0.15, -0.1) is 0 Å². The fourth-order valence-electron chi connectivity index (χ4n) is 4.27. The van der Waals surface area contributed by atoms with Crippen LogP contribution in [0.1, 0.15) is 22.3 Å².